The first-order chi connectivity index (χ1) is 29.5. The van der Waals surface area contributed by atoms with Crippen molar-refractivity contribution >= 4 is 44.7 Å². The molecule has 4 aromatic rings. The van der Waals surface area contributed by atoms with Crippen molar-refractivity contribution in [2.24, 2.45) is 7.05 Å². The van der Waals surface area contributed by atoms with Crippen LogP contribution in [0, 0.1) is 10.1 Å². The second-order valence-corrected chi connectivity index (χ2v) is 18.7. The molecule has 2 aliphatic heterocycles. The maximum Gasteiger partial charge on any atom is 0.434 e. The van der Waals surface area contributed by atoms with Crippen molar-refractivity contribution < 1.29 is 37.1 Å². The number of hydrogen-bond acceptors (Lipinski definition) is 18. The van der Waals surface area contributed by atoms with Gasteiger partial charge in [-0.1, -0.05) is 4.98 Å². The quantitative estimate of drug-likeness (QED) is 0.139. The second-order valence-electron chi connectivity index (χ2n) is 16.9. The molecule has 1 N–H and O–H groups in total. The van der Waals surface area contributed by atoms with E-state index in [0.29, 0.717) is 78.5 Å². The average molecular weight is 881 g/mol. The molecule has 2 saturated heterocycles. The van der Waals surface area contributed by atoms with E-state index in [4.69, 9.17) is 23.9 Å². The molecule has 3 aliphatic rings. The molecule has 1 atom stereocenters. The number of nitrogens with zero attached hydrogens (tertiary/aromatic N) is 11. The summed E-state index contributed by atoms with van der Waals surface area (Å²) in [6.45, 7) is 14.1. The molecule has 6 heterocycles. The lowest BCUT2D eigenvalue weighted by atomic mass is 9.93. The Bertz CT molecular complexity index is 2300. The van der Waals surface area contributed by atoms with Crippen molar-refractivity contribution in [2.45, 2.75) is 82.1 Å². The van der Waals surface area contributed by atoms with E-state index in [1.54, 1.807) is 39.2 Å². The van der Waals surface area contributed by atoms with E-state index in [9.17, 15) is 23.3 Å². The average Bonchev–Trinajstić information content (AvgIpc) is 3.64. The van der Waals surface area contributed by atoms with Crippen LogP contribution in [-0.2, 0) is 26.5 Å². The summed E-state index contributed by atoms with van der Waals surface area (Å²) in [5, 5.41) is 15.4. The Kier molecular flexibility index (Phi) is 13.6. The minimum absolute atomic E-state index is 0.0296. The van der Waals surface area contributed by atoms with Crippen molar-refractivity contribution in [1.82, 2.24) is 43.6 Å². The zero-order valence-corrected chi connectivity index (χ0v) is 36.9. The number of aromatic nitrogens is 6. The largest absolute Gasteiger partial charge is 0.489 e. The number of nitro groups is 1. The summed E-state index contributed by atoms with van der Waals surface area (Å²) in [6, 6.07) is 1.96. The molecule has 1 unspecified atom stereocenters. The Balaban J connectivity index is 1.08. The number of carbonyl (C=O) groups is 1. The van der Waals surface area contributed by atoms with Crippen LogP contribution >= 0.6 is 0 Å². The molecular weight excluding hydrogens is 825 g/mol. The molecule has 4 aromatic heterocycles. The third kappa shape index (κ3) is 10.8. The zero-order chi connectivity index (χ0) is 44.2. The number of anilines is 2. The summed E-state index contributed by atoms with van der Waals surface area (Å²) < 4.78 is 54.5. The van der Waals surface area contributed by atoms with Crippen LogP contribution in [0.5, 0.6) is 11.6 Å². The molecule has 7 rings (SSSR count). The number of piperazine rings is 1. The number of fused-ring (bicyclic) bond motifs is 1. The summed E-state index contributed by atoms with van der Waals surface area (Å²) >= 11 is 0. The molecule has 336 valence electrons. The molecule has 3 fully saturated rings. The lowest BCUT2D eigenvalue weighted by Gasteiger charge is -2.32. The molecule has 21 nitrogen and oxygen atoms in total. The molecule has 0 spiro atoms. The fourth-order valence-electron chi connectivity index (χ4n) is 7.60. The first-order valence-electron chi connectivity index (χ1n) is 20.9. The van der Waals surface area contributed by atoms with E-state index in [1.165, 1.54) is 32.4 Å². The molecule has 1 saturated carbocycles. The Morgan fingerprint density at radius 3 is 2.34 bits per heavy atom. The SMILES string of the molecule is CC(c1cn(C)c([N+](=O)[O-])n1)N(C(=O)OC(C)(C)C)S(=O)(=O)c1cnc2cc(N3CCOCC3)nc(OC3CCC(Nc4ncc(OCCN5CCN(C)CC5)cn4)CC3)c2c1. The second kappa shape index (κ2) is 18.9. The number of aryl methyl sites for hydroxylation is 1. The third-order valence-electron chi connectivity index (χ3n) is 11.1. The standard InChI is InChI=1S/C40H56N12O9S/c1-27(34-26-48(6)38(45-34)52(54)55)51(39(53)61-40(2,3)4)62(56,57)31-21-32-33(41-25-31)22-35(50-16-18-58-19-17-50)46-36(32)60-29-9-7-28(8-10-29)44-37-42-23-30(24-43-37)59-20-15-49-13-11-47(5)12-14-49/h21-29H,7-20H2,1-6H3,(H,42,43,44). The van der Waals surface area contributed by atoms with Gasteiger partial charge < -0.3 is 44.2 Å². The Labute approximate surface area is 360 Å². The normalized spacial score (nSPS) is 19.8. The number of morpholine rings is 1. The number of hydrogen-bond donors (Lipinski definition) is 1. The van der Waals surface area contributed by atoms with E-state index in [-0.39, 0.29) is 28.6 Å². The van der Waals surface area contributed by atoms with Gasteiger partial charge in [0.1, 0.15) is 41.3 Å². The summed E-state index contributed by atoms with van der Waals surface area (Å²) in [5.74, 6) is 1.43. The first-order valence-corrected chi connectivity index (χ1v) is 22.4. The van der Waals surface area contributed by atoms with Crippen LogP contribution in [0.15, 0.2) is 41.8 Å². The van der Waals surface area contributed by atoms with Gasteiger partial charge in [-0.25, -0.2) is 27.7 Å². The van der Waals surface area contributed by atoms with Gasteiger partial charge in [0.2, 0.25) is 11.8 Å². The Morgan fingerprint density at radius 1 is 1.00 bits per heavy atom. The van der Waals surface area contributed by atoms with Crippen LogP contribution in [0.3, 0.4) is 0 Å². The number of pyridine rings is 2. The first kappa shape index (κ1) is 44.6. The van der Waals surface area contributed by atoms with E-state index in [2.05, 4.69) is 47.0 Å². The summed E-state index contributed by atoms with van der Waals surface area (Å²) in [6.07, 6.45) is 7.25. The molecule has 0 bridgehead atoms. The fourth-order valence-corrected chi connectivity index (χ4v) is 9.03. The van der Waals surface area contributed by atoms with Gasteiger partial charge in [-0.15, -0.1) is 0 Å². The summed E-state index contributed by atoms with van der Waals surface area (Å²) in [4.78, 5) is 53.6. The van der Waals surface area contributed by atoms with Crippen molar-refractivity contribution in [3.63, 3.8) is 0 Å². The van der Waals surface area contributed by atoms with Crippen LogP contribution in [0.4, 0.5) is 22.5 Å². The van der Waals surface area contributed by atoms with Crippen molar-refractivity contribution in [3.05, 3.63) is 52.7 Å². The lowest BCUT2D eigenvalue weighted by molar-refractivity contribution is -0.396. The lowest BCUT2D eigenvalue weighted by Crippen LogP contribution is -2.45. The Hall–Kier alpha value is -5.45. The highest BCUT2D eigenvalue weighted by atomic mass is 32.2. The molecule has 22 heteroatoms. The smallest absolute Gasteiger partial charge is 0.434 e. The fraction of sp³-hybridized carbons (Fsp3) is 0.600. The molecular formula is C40H56N12O9S. The van der Waals surface area contributed by atoms with Gasteiger partial charge in [-0.05, 0) is 71.4 Å². The van der Waals surface area contributed by atoms with E-state index in [0.717, 1.165) is 50.1 Å². The number of rotatable bonds is 14. The highest BCUT2D eigenvalue weighted by molar-refractivity contribution is 7.89. The van der Waals surface area contributed by atoms with Crippen LogP contribution in [0.2, 0.25) is 0 Å². The Morgan fingerprint density at radius 2 is 1.69 bits per heavy atom. The summed E-state index contributed by atoms with van der Waals surface area (Å²) in [7, 11) is -1.19. The van der Waals surface area contributed by atoms with Crippen LogP contribution in [0.1, 0.15) is 65.1 Å². The molecule has 62 heavy (non-hydrogen) atoms. The molecule has 0 radical (unpaired) electrons. The van der Waals surface area contributed by atoms with Gasteiger partial charge in [-0.3, -0.25) is 9.88 Å². The predicted molar refractivity (Wildman–Crippen MR) is 228 cm³/mol. The number of carbonyl (C=O) groups excluding carboxylic acids is 1. The molecule has 1 aliphatic carbocycles. The number of sulfonamides is 1. The number of amides is 1. The third-order valence-corrected chi connectivity index (χ3v) is 12.9. The van der Waals surface area contributed by atoms with E-state index >= 15 is 0 Å². The van der Waals surface area contributed by atoms with Gasteiger partial charge in [0, 0.05) is 64.1 Å². The van der Waals surface area contributed by atoms with Crippen LogP contribution < -0.4 is 19.7 Å². The number of nitrogens with one attached hydrogen (secondary N) is 1. The maximum absolute atomic E-state index is 14.6. The van der Waals surface area contributed by atoms with E-state index in [1.807, 2.05) is 0 Å². The number of likely N-dealkylation sites (N-methyl/N-ethyl adjacent to an activating group) is 1. The highest BCUT2D eigenvalue weighted by Gasteiger charge is 2.41. The van der Waals surface area contributed by atoms with E-state index < -0.39 is 38.6 Å². The van der Waals surface area contributed by atoms with Gasteiger partial charge in [0.05, 0.1) is 43.6 Å². The number of ether oxygens (including phenoxy) is 4. The molecule has 0 aromatic carbocycles. The highest BCUT2D eigenvalue weighted by Crippen LogP contribution is 2.36. The predicted octanol–water partition coefficient (Wildman–Crippen LogP) is 4.01. The topological polar surface area (TPSA) is 226 Å². The van der Waals surface area contributed by atoms with Crippen molar-refractivity contribution in [1.29, 1.82) is 0 Å². The zero-order valence-electron chi connectivity index (χ0n) is 36.1. The van der Waals surface area contributed by atoms with Gasteiger partial charge in [0.15, 0.2) is 11.4 Å². The van der Waals surface area contributed by atoms with Gasteiger partial charge >= 0.3 is 12.0 Å². The maximum atomic E-state index is 14.6. The van der Waals surface area contributed by atoms with Gasteiger partial charge in [-0.2, -0.15) is 9.29 Å². The molecule has 1 amide bonds. The van der Waals surface area contributed by atoms with Crippen molar-refractivity contribution in [3.8, 4) is 11.6 Å². The monoisotopic (exact) mass is 880 g/mol. The summed E-state index contributed by atoms with van der Waals surface area (Å²) in [5.41, 5.74) is -0.667. The minimum Gasteiger partial charge on any atom is -0.489 e. The van der Waals surface area contributed by atoms with Crippen LogP contribution in [-0.4, -0.2) is 153 Å². The van der Waals surface area contributed by atoms with Crippen molar-refractivity contribution in [2.75, 3.05) is 82.9 Å². The minimum atomic E-state index is -4.73. The number of imidazole rings is 1. The van der Waals surface area contributed by atoms with Gasteiger partial charge in [0.25, 0.3) is 10.0 Å². The van der Waals surface area contributed by atoms with Crippen LogP contribution in [0.25, 0.3) is 10.9 Å².